The Morgan fingerprint density at radius 1 is 0.886 bits per heavy atom. The number of sulfonamides is 1. The van der Waals surface area contributed by atoms with E-state index < -0.39 is 22.0 Å². The van der Waals surface area contributed by atoms with E-state index in [0.29, 0.717) is 11.4 Å². The Morgan fingerprint density at radius 2 is 1.51 bits per heavy atom. The molecule has 0 saturated heterocycles. The van der Waals surface area contributed by atoms with Crippen LogP contribution in [0.5, 0.6) is 0 Å². The molecule has 184 valence electrons. The Bertz CT molecular complexity index is 1320. The summed E-state index contributed by atoms with van der Waals surface area (Å²) >= 11 is 0. The van der Waals surface area contributed by atoms with Crippen LogP contribution in [0.1, 0.15) is 46.9 Å². The summed E-state index contributed by atoms with van der Waals surface area (Å²) < 4.78 is 26.5. The number of hydrogen-bond donors (Lipinski definition) is 2. The van der Waals surface area contributed by atoms with Gasteiger partial charge in [-0.05, 0) is 62.6 Å². The van der Waals surface area contributed by atoms with Crippen LogP contribution in [0.2, 0.25) is 0 Å². The van der Waals surface area contributed by atoms with E-state index in [1.54, 1.807) is 37.3 Å². The summed E-state index contributed by atoms with van der Waals surface area (Å²) in [6.45, 7) is 7.06. The van der Waals surface area contributed by atoms with Gasteiger partial charge in [-0.1, -0.05) is 54.6 Å². The fourth-order valence-electron chi connectivity index (χ4n) is 3.86. The van der Waals surface area contributed by atoms with Crippen LogP contribution in [0.25, 0.3) is 0 Å². The van der Waals surface area contributed by atoms with Crippen molar-refractivity contribution in [2.45, 2.75) is 39.8 Å². The molecule has 0 aromatic heterocycles. The average molecular weight is 494 g/mol. The SMILES string of the molecule is Cc1ccc(C)c(N([C@@H](C)C(=O)Nc2ccccc2C(=O)N[C@@H](C)c2ccccc2)S(C)(=O)=O)c1. The van der Waals surface area contributed by atoms with Crippen LogP contribution >= 0.6 is 0 Å². The molecule has 0 fully saturated rings. The van der Waals surface area contributed by atoms with Gasteiger partial charge in [-0.3, -0.25) is 13.9 Å². The molecule has 2 atom stereocenters. The molecule has 0 bridgehead atoms. The number of carbonyl (C=O) groups is 2. The molecule has 3 aromatic rings. The first-order valence-corrected chi connectivity index (χ1v) is 13.2. The van der Waals surface area contributed by atoms with Gasteiger partial charge in [-0.15, -0.1) is 0 Å². The van der Waals surface area contributed by atoms with Crippen LogP contribution in [0, 0.1) is 13.8 Å². The maximum atomic E-state index is 13.2. The molecule has 3 rings (SSSR count). The predicted octanol–water partition coefficient (Wildman–Crippen LogP) is 4.59. The number of nitrogens with zero attached hydrogens (tertiary/aromatic N) is 1. The first-order chi connectivity index (χ1) is 16.5. The summed E-state index contributed by atoms with van der Waals surface area (Å²) in [5.41, 5.74) is 3.59. The van der Waals surface area contributed by atoms with E-state index in [9.17, 15) is 18.0 Å². The van der Waals surface area contributed by atoms with Crippen molar-refractivity contribution in [3.8, 4) is 0 Å². The van der Waals surface area contributed by atoms with Crippen molar-refractivity contribution in [2.75, 3.05) is 15.9 Å². The molecular weight excluding hydrogens is 462 g/mol. The van der Waals surface area contributed by atoms with Gasteiger partial charge in [-0.2, -0.15) is 0 Å². The van der Waals surface area contributed by atoms with Crippen LogP contribution in [-0.4, -0.2) is 32.5 Å². The zero-order valence-corrected chi connectivity index (χ0v) is 21.4. The third kappa shape index (κ3) is 6.27. The van der Waals surface area contributed by atoms with Crippen molar-refractivity contribution in [1.29, 1.82) is 0 Å². The number of benzene rings is 3. The number of para-hydroxylation sites is 1. The topological polar surface area (TPSA) is 95.6 Å². The minimum Gasteiger partial charge on any atom is -0.345 e. The van der Waals surface area contributed by atoms with Gasteiger partial charge in [0.1, 0.15) is 6.04 Å². The van der Waals surface area contributed by atoms with Gasteiger partial charge in [-0.25, -0.2) is 8.42 Å². The Labute approximate surface area is 207 Å². The van der Waals surface area contributed by atoms with Crippen LogP contribution < -0.4 is 14.9 Å². The van der Waals surface area contributed by atoms with Crippen molar-refractivity contribution in [1.82, 2.24) is 5.32 Å². The zero-order chi connectivity index (χ0) is 25.8. The quantitative estimate of drug-likeness (QED) is 0.480. The molecule has 0 aliphatic rings. The molecule has 7 nitrogen and oxygen atoms in total. The van der Waals surface area contributed by atoms with Gasteiger partial charge in [0.05, 0.1) is 29.2 Å². The second kappa shape index (κ2) is 10.7. The normalized spacial score (nSPS) is 12.9. The van der Waals surface area contributed by atoms with Gasteiger partial charge in [0.2, 0.25) is 15.9 Å². The number of nitrogens with one attached hydrogen (secondary N) is 2. The number of hydrogen-bond acceptors (Lipinski definition) is 4. The molecule has 35 heavy (non-hydrogen) atoms. The minimum atomic E-state index is -3.77. The Morgan fingerprint density at radius 3 is 2.17 bits per heavy atom. The molecular formula is C27H31N3O4S. The highest BCUT2D eigenvalue weighted by Crippen LogP contribution is 2.27. The summed E-state index contributed by atoms with van der Waals surface area (Å²) in [4.78, 5) is 26.3. The van der Waals surface area contributed by atoms with Crippen LogP contribution in [0.4, 0.5) is 11.4 Å². The van der Waals surface area contributed by atoms with Crippen molar-refractivity contribution in [3.05, 3.63) is 95.1 Å². The largest absolute Gasteiger partial charge is 0.345 e. The molecule has 3 aromatic carbocycles. The summed E-state index contributed by atoms with van der Waals surface area (Å²) in [5, 5.41) is 5.70. The monoisotopic (exact) mass is 493 g/mol. The molecule has 2 amide bonds. The third-order valence-electron chi connectivity index (χ3n) is 5.77. The summed E-state index contributed by atoms with van der Waals surface area (Å²) in [6.07, 6.45) is 1.07. The average Bonchev–Trinajstić information content (AvgIpc) is 2.81. The predicted molar refractivity (Wildman–Crippen MR) is 140 cm³/mol. The van der Waals surface area contributed by atoms with Crippen molar-refractivity contribution in [3.63, 3.8) is 0 Å². The Hall–Kier alpha value is -3.65. The smallest absolute Gasteiger partial charge is 0.253 e. The van der Waals surface area contributed by atoms with E-state index in [2.05, 4.69) is 10.6 Å². The van der Waals surface area contributed by atoms with Crippen LogP contribution in [0.15, 0.2) is 72.8 Å². The third-order valence-corrected chi connectivity index (χ3v) is 6.99. The highest BCUT2D eigenvalue weighted by molar-refractivity contribution is 7.92. The van der Waals surface area contributed by atoms with Crippen molar-refractivity contribution in [2.24, 2.45) is 0 Å². The number of rotatable bonds is 8. The number of anilines is 2. The molecule has 0 aliphatic heterocycles. The zero-order valence-electron chi connectivity index (χ0n) is 20.6. The van der Waals surface area contributed by atoms with Crippen LogP contribution in [-0.2, 0) is 14.8 Å². The highest BCUT2D eigenvalue weighted by atomic mass is 32.2. The molecule has 0 radical (unpaired) electrons. The second-order valence-electron chi connectivity index (χ2n) is 8.67. The van der Waals surface area contributed by atoms with E-state index in [-0.39, 0.29) is 17.5 Å². The Kier molecular flexibility index (Phi) is 7.96. The van der Waals surface area contributed by atoms with Crippen molar-refractivity contribution >= 4 is 33.2 Å². The van der Waals surface area contributed by atoms with Gasteiger partial charge < -0.3 is 10.6 Å². The second-order valence-corrected chi connectivity index (χ2v) is 10.5. The van der Waals surface area contributed by atoms with E-state index in [1.165, 1.54) is 6.92 Å². The summed E-state index contributed by atoms with van der Waals surface area (Å²) in [6, 6.07) is 20.4. The maximum absolute atomic E-state index is 13.2. The van der Waals surface area contributed by atoms with Gasteiger partial charge in [0.25, 0.3) is 5.91 Å². The fourth-order valence-corrected chi connectivity index (χ4v) is 5.09. The standard InChI is InChI=1S/C27H31N3O4S/c1-18-15-16-19(2)25(17-18)30(35(5,33)34)21(4)26(31)29-24-14-10-9-13-23(24)27(32)28-20(3)22-11-7-6-8-12-22/h6-17,20-21H,1-5H3,(H,28,32)(H,29,31)/t20-,21-/m0/s1. The van der Waals surface area contributed by atoms with E-state index in [4.69, 9.17) is 0 Å². The molecule has 0 saturated carbocycles. The molecule has 0 heterocycles. The molecule has 0 spiro atoms. The van der Waals surface area contributed by atoms with Gasteiger partial charge in [0.15, 0.2) is 0 Å². The lowest BCUT2D eigenvalue weighted by molar-refractivity contribution is -0.116. The lowest BCUT2D eigenvalue weighted by atomic mass is 10.1. The first kappa shape index (κ1) is 26.0. The van der Waals surface area contributed by atoms with E-state index >= 15 is 0 Å². The fraction of sp³-hybridized carbons (Fsp3) is 0.259. The Balaban J connectivity index is 1.85. The van der Waals surface area contributed by atoms with Gasteiger partial charge in [0, 0.05) is 0 Å². The van der Waals surface area contributed by atoms with E-state index in [1.807, 2.05) is 56.3 Å². The molecule has 0 aliphatic carbocycles. The van der Waals surface area contributed by atoms with Gasteiger partial charge >= 0.3 is 0 Å². The first-order valence-electron chi connectivity index (χ1n) is 11.3. The number of aryl methyl sites for hydroxylation is 2. The lowest BCUT2D eigenvalue weighted by Crippen LogP contribution is -2.46. The lowest BCUT2D eigenvalue weighted by Gasteiger charge is -2.30. The van der Waals surface area contributed by atoms with Crippen molar-refractivity contribution < 1.29 is 18.0 Å². The van der Waals surface area contributed by atoms with E-state index in [0.717, 1.165) is 27.3 Å². The number of carbonyl (C=O) groups excluding carboxylic acids is 2. The van der Waals surface area contributed by atoms with Crippen LogP contribution in [0.3, 0.4) is 0 Å². The molecule has 2 N–H and O–H groups in total. The molecule has 8 heteroatoms. The maximum Gasteiger partial charge on any atom is 0.253 e. The summed E-state index contributed by atoms with van der Waals surface area (Å²) in [5.74, 6) is -0.896. The molecule has 0 unspecified atom stereocenters. The minimum absolute atomic E-state index is 0.239. The number of amides is 2. The highest BCUT2D eigenvalue weighted by Gasteiger charge is 2.31. The summed E-state index contributed by atoms with van der Waals surface area (Å²) in [7, 11) is -3.77.